The van der Waals surface area contributed by atoms with Crippen LogP contribution in [-0.4, -0.2) is 159 Å². The largest absolute Gasteiger partial charge is 0.496 e. The number of methoxy groups -OCH3 is 3. The molecule has 3 heterocycles. The molecule has 0 aromatic heterocycles. The molecule has 1 aliphatic carbocycles. The number of epoxide rings is 1. The first-order valence-corrected chi connectivity index (χ1v) is 31.4. The summed E-state index contributed by atoms with van der Waals surface area (Å²) < 4.78 is 41.1. The van der Waals surface area contributed by atoms with Crippen LogP contribution in [0.5, 0.6) is 11.5 Å². The van der Waals surface area contributed by atoms with Crippen molar-refractivity contribution in [2.75, 3.05) is 46.9 Å². The molecule has 0 spiro atoms. The van der Waals surface area contributed by atoms with Crippen molar-refractivity contribution in [1.29, 1.82) is 0 Å². The van der Waals surface area contributed by atoms with Crippen LogP contribution in [0.25, 0.3) is 0 Å². The van der Waals surface area contributed by atoms with E-state index < -0.39 is 113 Å². The number of hydrogen-bond acceptors (Lipinski definition) is 17. The van der Waals surface area contributed by atoms with Gasteiger partial charge in [0.2, 0.25) is 11.8 Å². The molecule has 2 aromatic carbocycles. The molecule has 90 heavy (non-hydrogen) atoms. The molecular weight excluding hydrogens is 1180 g/mol. The van der Waals surface area contributed by atoms with Crippen molar-refractivity contribution in [2.45, 2.75) is 199 Å². The van der Waals surface area contributed by atoms with Gasteiger partial charge in [0.1, 0.15) is 57.9 Å². The molecule has 496 valence electrons. The number of rotatable bonds is 26. The van der Waals surface area contributed by atoms with Gasteiger partial charge in [-0.05, 0) is 127 Å². The number of ether oxygens (including phenoxy) is 7. The number of esters is 2. The number of nitrogens with one attached hydrogen (secondary N) is 3. The minimum atomic E-state index is -1.92. The zero-order valence-corrected chi connectivity index (χ0v) is 55.1. The summed E-state index contributed by atoms with van der Waals surface area (Å²) in [7, 11) is 7.12. The number of allylic oxidation sites excluding steroid dienone is 3. The van der Waals surface area contributed by atoms with E-state index in [2.05, 4.69) is 16.0 Å². The molecule has 6 N–H and O–H groups in total. The molecule has 2 aromatic rings. The highest BCUT2D eigenvalue weighted by Crippen LogP contribution is 2.49. The third kappa shape index (κ3) is 18.6. The van der Waals surface area contributed by atoms with E-state index >= 15 is 0 Å². The molecule has 0 radical (unpaired) electrons. The summed E-state index contributed by atoms with van der Waals surface area (Å²) in [5.74, 6) is -4.59. The third-order valence-corrected chi connectivity index (χ3v) is 18.3. The number of carbonyl (C=O) groups excluding carboxylic acids is 9. The predicted molar refractivity (Wildman–Crippen MR) is 335 cm³/mol. The van der Waals surface area contributed by atoms with Gasteiger partial charge in [-0.15, -0.1) is 0 Å². The number of likely N-dealkylation sites (N-methyl/N-ethyl adjacent to an activating group) is 1. The Morgan fingerprint density at radius 3 is 2.33 bits per heavy atom. The van der Waals surface area contributed by atoms with Gasteiger partial charge in [0.05, 0.1) is 50.0 Å². The quantitative estimate of drug-likeness (QED) is 0.0260. The van der Waals surface area contributed by atoms with E-state index in [0.29, 0.717) is 42.7 Å². The van der Waals surface area contributed by atoms with Gasteiger partial charge in [-0.25, -0.2) is 14.4 Å². The molecule has 1 saturated carbocycles. The van der Waals surface area contributed by atoms with Crippen molar-refractivity contribution in [3.63, 3.8) is 0 Å². The van der Waals surface area contributed by atoms with Gasteiger partial charge in [0, 0.05) is 65.3 Å². The van der Waals surface area contributed by atoms with Crippen molar-refractivity contribution < 1.29 is 81.4 Å². The van der Waals surface area contributed by atoms with Gasteiger partial charge in [0.15, 0.2) is 11.5 Å². The zero-order valence-electron chi connectivity index (χ0n) is 54.3. The Morgan fingerprint density at radius 1 is 1.00 bits per heavy atom. The van der Waals surface area contributed by atoms with E-state index in [1.54, 1.807) is 44.2 Å². The Bertz CT molecular complexity index is 3040. The second kappa shape index (κ2) is 31.3. The fourth-order valence-electron chi connectivity index (χ4n) is 11.7. The number of nitrogens with zero attached hydrogens (tertiary/aromatic N) is 2. The fraction of sp³-hybridized carbons (Fsp3) is 0.621. The molecule has 2 saturated heterocycles. The number of amides is 6. The lowest BCUT2D eigenvalue weighted by Gasteiger charge is -2.42. The lowest BCUT2D eigenvalue weighted by Crippen LogP contribution is -2.63. The van der Waals surface area contributed by atoms with Gasteiger partial charge in [-0.3, -0.25) is 34.1 Å². The van der Waals surface area contributed by atoms with Crippen molar-refractivity contribution in [3.8, 4) is 11.5 Å². The number of alkyl carbamates (subject to hydrolysis) is 1. The average Bonchev–Trinajstić information content (AvgIpc) is 1.57. The highest BCUT2D eigenvalue weighted by Gasteiger charge is 2.64. The predicted octanol–water partition coefficient (Wildman–Crippen LogP) is 7.80. The Kier molecular flexibility index (Phi) is 25.0. The van der Waals surface area contributed by atoms with Crippen molar-refractivity contribution in [1.82, 2.24) is 20.9 Å². The molecule has 6 amide bonds. The van der Waals surface area contributed by atoms with Gasteiger partial charge in [-0.2, -0.15) is 0 Å². The number of urea groups is 1. The third-order valence-electron chi connectivity index (χ3n) is 17.9. The minimum absolute atomic E-state index is 0.0248. The maximum atomic E-state index is 14.6. The molecule has 4 aliphatic rings. The van der Waals surface area contributed by atoms with Gasteiger partial charge in [-0.1, -0.05) is 68.7 Å². The number of nitrogens with two attached hydrogens (primary N) is 1. The number of Topliss-reactive ketones (excluding diaryl/α,β-unsaturated/α-hetero) is 2. The van der Waals surface area contributed by atoms with Crippen molar-refractivity contribution in [3.05, 3.63) is 75.8 Å². The summed E-state index contributed by atoms with van der Waals surface area (Å²) in [6.45, 7) is 14.3. The minimum Gasteiger partial charge on any atom is -0.496 e. The molecule has 10 atom stereocenters. The lowest BCUT2D eigenvalue weighted by molar-refractivity contribution is -0.165. The van der Waals surface area contributed by atoms with Crippen LogP contribution in [0.4, 0.5) is 15.3 Å². The second-order valence-corrected chi connectivity index (χ2v) is 26.0. The van der Waals surface area contributed by atoms with Gasteiger partial charge < -0.3 is 64.4 Å². The van der Waals surface area contributed by atoms with Crippen LogP contribution in [0, 0.1) is 23.7 Å². The van der Waals surface area contributed by atoms with Gasteiger partial charge >= 0.3 is 24.1 Å². The Morgan fingerprint density at radius 2 is 1.70 bits per heavy atom. The molecule has 6 rings (SSSR count). The van der Waals surface area contributed by atoms with Crippen LogP contribution >= 0.6 is 11.6 Å². The normalized spacial score (nSPS) is 24.8. The second-order valence-electron chi connectivity index (χ2n) is 25.6. The summed E-state index contributed by atoms with van der Waals surface area (Å²) in [5, 5.41) is 20.0. The van der Waals surface area contributed by atoms with E-state index in [4.69, 9.17) is 50.5 Å². The van der Waals surface area contributed by atoms with E-state index in [1.165, 1.54) is 59.4 Å². The summed E-state index contributed by atoms with van der Waals surface area (Å²) >= 11 is 6.87. The Hall–Kier alpha value is -7.08. The Labute approximate surface area is 533 Å². The Balaban J connectivity index is 1.17. The number of primary amides is 1. The van der Waals surface area contributed by atoms with E-state index in [1.807, 2.05) is 40.7 Å². The average molecular weight is 1280 g/mol. The van der Waals surface area contributed by atoms with E-state index in [-0.39, 0.29) is 85.0 Å². The SMILES string of the molecule is COc1cc(CC(=O)[C@H](CCCNC(N)=O)NC(=O)[C@@H](CC(=O)CCCCC(C)(C)OC(=O)C2CCC2)C(C)C)ccc1C(=O)N(C)[C@@H](C)C(=O)O[C@H]1CC(=O)N(C)c2cc(cc(OC)c2Cl)C/C(C)=C/C=C/[C@@H](OC)[C@@]2(O)C[C@H](OC(=O)N2)[C@@H](C)[C@@H]2O[C@@]12C. The number of hydrogen-bond donors (Lipinski definition) is 5. The lowest BCUT2D eigenvalue weighted by atomic mass is 9.83. The molecule has 0 unspecified atom stereocenters. The number of ketones is 2. The van der Waals surface area contributed by atoms with Crippen LogP contribution < -0.4 is 36.1 Å². The first kappa shape index (κ1) is 72.0. The molecule has 3 aliphatic heterocycles. The number of benzene rings is 2. The van der Waals surface area contributed by atoms with Crippen molar-refractivity contribution >= 4 is 70.6 Å². The molecule has 23 nitrogen and oxygen atoms in total. The molecule has 4 bridgehead atoms. The van der Waals surface area contributed by atoms with Crippen molar-refractivity contribution in [2.24, 2.45) is 29.4 Å². The standard InChI is InChI=1S/C66H93ClN6O17/c1-37(2)46(34-44(74)22-14-15-27-64(6,7)90-61(80)43-20-17-21-43)58(77)70-47(23-18-28-69-62(68)81)49(75)31-41-25-26-45(50(32-41)84-11)59(78)72(9)40(5)60(79)88-54-35-55(76)73(10)48-30-42(33-51(85-12)56(48)67)29-38(3)19-16-24-53(86-13)66(83)36-52(87-63(82)71-66)39(4)57-65(54,8)89-57/h16,19,24-26,30,32-33,37,39-40,43,46-47,52-54,57,83H,14-15,17-18,20-23,27-29,31,34-36H2,1-13H3,(H,70,77)(H,71,82)(H3,68,69,81)/b24-16+,38-19+/t39-,40+,46+,47+,52+,53-,54+,57+,65+,66+/m1/s1. The van der Waals surface area contributed by atoms with E-state index in [9.17, 15) is 48.3 Å². The highest BCUT2D eigenvalue weighted by molar-refractivity contribution is 6.35. The van der Waals surface area contributed by atoms with Crippen LogP contribution in [-0.2, 0) is 65.3 Å². The van der Waals surface area contributed by atoms with Crippen LogP contribution in [0.2, 0.25) is 5.02 Å². The summed E-state index contributed by atoms with van der Waals surface area (Å²) in [6, 6.07) is 4.93. The molecule has 24 heteroatoms. The number of unbranched alkanes of at least 4 members (excludes halogenated alkanes) is 1. The summed E-state index contributed by atoms with van der Waals surface area (Å²) in [5.41, 5.74) is 3.72. The number of carbonyl (C=O) groups is 9. The number of halogens is 1. The fourth-order valence-corrected chi connectivity index (χ4v) is 12.0. The summed E-state index contributed by atoms with van der Waals surface area (Å²) in [6.07, 6.45) is 4.85. The number of fused-ring (bicyclic) bond motifs is 5. The maximum absolute atomic E-state index is 14.6. The summed E-state index contributed by atoms with van der Waals surface area (Å²) in [4.78, 5) is 125. The van der Waals surface area contributed by atoms with Gasteiger partial charge in [0.25, 0.3) is 5.91 Å². The smallest absolute Gasteiger partial charge is 0.409 e. The number of aliphatic hydroxyl groups is 1. The first-order valence-electron chi connectivity index (χ1n) is 31.0. The van der Waals surface area contributed by atoms with Crippen LogP contribution in [0.15, 0.2) is 54.1 Å². The first-order chi connectivity index (χ1) is 42.3. The zero-order chi connectivity index (χ0) is 66.6. The molecular formula is C66H93ClN6O17. The monoisotopic (exact) mass is 1280 g/mol. The topological polar surface area (TPSA) is 310 Å². The van der Waals surface area contributed by atoms with E-state index in [0.717, 1.165) is 35.3 Å². The molecule has 3 fully saturated rings. The number of anilines is 1. The highest BCUT2D eigenvalue weighted by atomic mass is 35.5. The maximum Gasteiger partial charge on any atom is 0.409 e. The van der Waals surface area contributed by atoms with Crippen LogP contribution in [0.1, 0.15) is 154 Å². The van der Waals surface area contributed by atoms with Crippen LogP contribution in [0.3, 0.4) is 0 Å².